The van der Waals surface area contributed by atoms with Gasteiger partial charge in [-0.2, -0.15) is 0 Å². The second-order valence-electron chi connectivity index (χ2n) is 20.3. The number of fused-ring (bicyclic) bond motifs is 7. The van der Waals surface area contributed by atoms with E-state index in [1.807, 2.05) is 0 Å². The Morgan fingerprint density at radius 2 is 1.20 bits per heavy atom. The highest BCUT2D eigenvalue weighted by molar-refractivity contribution is 6.30. The molecule has 0 aliphatic carbocycles. The first-order chi connectivity index (χ1) is 22.6. The lowest BCUT2D eigenvalue weighted by atomic mass is 9.81. The molecule has 256 valence electrons. The van der Waals surface area contributed by atoms with E-state index in [1.165, 1.54) is 87.6 Å². The predicted molar refractivity (Wildman–Crippen MR) is 215 cm³/mol. The third-order valence-electron chi connectivity index (χ3n) is 10.4. The summed E-state index contributed by atoms with van der Waals surface area (Å²) < 4.78 is 5.16. The minimum atomic E-state index is 0.113. The molecule has 7 aromatic rings. The quantitative estimate of drug-likeness (QED) is 0.102. The van der Waals surface area contributed by atoms with Gasteiger partial charge in [0.1, 0.15) is 7.05 Å². The summed E-state index contributed by atoms with van der Waals surface area (Å²) in [5.41, 5.74) is 13.5. The highest BCUT2D eigenvalue weighted by Gasteiger charge is 2.31. The highest BCUT2D eigenvalue weighted by atomic mass is 15.0. The fraction of sp³-hybridized carbons (Fsp3) is 0.468. The van der Waals surface area contributed by atoms with Gasteiger partial charge < -0.3 is 4.40 Å². The largest absolute Gasteiger partial charge is 0.307 e. The molecule has 0 amide bonds. The van der Waals surface area contributed by atoms with E-state index in [-0.39, 0.29) is 21.7 Å². The fourth-order valence-electron chi connectivity index (χ4n) is 8.94. The Kier molecular flexibility index (Phi) is 7.54. The summed E-state index contributed by atoms with van der Waals surface area (Å²) in [6.45, 7) is 31.0. The number of aromatic nitrogens is 2. The lowest BCUT2D eigenvalue weighted by Crippen LogP contribution is -2.29. The second kappa shape index (κ2) is 10.9. The van der Waals surface area contributed by atoms with Crippen molar-refractivity contribution in [1.29, 1.82) is 0 Å². The van der Waals surface area contributed by atoms with E-state index in [0.717, 1.165) is 25.7 Å². The first kappa shape index (κ1) is 33.8. The second-order valence-corrected chi connectivity index (χ2v) is 20.3. The van der Waals surface area contributed by atoms with Crippen molar-refractivity contribution in [3.63, 3.8) is 0 Å². The van der Waals surface area contributed by atoms with Crippen molar-refractivity contribution >= 4 is 59.8 Å². The zero-order chi connectivity index (χ0) is 35.6. The van der Waals surface area contributed by atoms with Gasteiger partial charge in [0, 0.05) is 16.8 Å². The molecule has 0 aliphatic heterocycles. The van der Waals surface area contributed by atoms with Crippen LogP contribution in [0.3, 0.4) is 0 Å². The highest BCUT2D eigenvalue weighted by Crippen LogP contribution is 2.48. The van der Waals surface area contributed by atoms with Gasteiger partial charge in [0.25, 0.3) is 0 Å². The van der Waals surface area contributed by atoms with Gasteiger partial charge in [-0.1, -0.05) is 113 Å². The molecular weight excluding hydrogens is 593 g/mol. The number of aryl methyl sites for hydroxylation is 2. The van der Waals surface area contributed by atoms with Gasteiger partial charge in [0.2, 0.25) is 5.52 Å². The van der Waals surface area contributed by atoms with E-state index in [1.54, 1.807) is 0 Å². The molecule has 0 saturated carbocycles. The maximum absolute atomic E-state index is 2.74. The standard InChI is InChI=1S/C47H59N2/c1-28-34-22-29(24-44(2,3)4)18-19-33(34)35(27-47(11,12)13)41-37(28)42-40-30(20-21-48(42)14)23-32(26-46(8,9)10)39-38-31(25-45(5,6)7)16-15-17-36(38)49(41)43(39)40/h15-23H,24-27H2,1-14H3/q+1. The van der Waals surface area contributed by atoms with Gasteiger partial charge in [-0.3, -0.25) is 0 Å². The van der Waals surface area contributed by atoms with Crippen LogP contribution in [0.2, 0.25) is 0 Å². The van der Waals surface area contributed by atoms with Gasteiger partial charge in [0.05, 0.1) is 27.3 Å². The molecule has 3 aromatic heterocycles. The van der Waals surface area contributed by atoms with Crippen molar-refractivity contribution in [2.45, 2.75) is 116 Å². The molecule has 0 unspecified atom stereocenters. The van der Waals surface area contributed by atoms with Crippen molar-refractivity contribution in [2.24, 2.45) is 28.7 Å². The number of hydrogen-bond donors (Lipinski definition) is 0. The van der Waals surface area contributed by atoms with Crippen LogP contribution in [0, 0.1) is 28.6 Å². The molecule has 4 aromatic carbocycles. The molecule has 0 aliphatic rings. The summed E-state index contributed by atoms with van der Waals surface area (Å²) in [6.07, 6.45) is 6.45. The Labute approximate surface area is 294 Å². The van der Waals surface area contributed by atoms with Crippen LogP contribution in [0.1, 0.15) is 111 Å². The van der Waals surface area contributed by atoms with E-state index >= 15 is 0 Å². The smallest absolute Gasteiger partial charge is 0.224 e. The third-order valence-corrected chi connectivity index (χ3v) is 10.4. The van der Waals surface area contributed by atoms with E-state index in [2.05, 4.69) is 161 Å². The van der Waals surface area contributed by atoms with Crippen LogP contribution in [-0.4, -0.2) is 4.40 Å². The van der Waals surface area contributed by atoms with Gasteiger partial charge in [-0.25, -0.2) is 4.57 Å². The summed E-state index contributed by atoms with van der Waals surface area (Å²) in [4.78, 5) is 0. The molecule has 0 bridgehead atoms. The molecule has 0 N–H and O–H groups in total. The number of hydrogen-bond acceptors (Lipinski definition) is 0. The van der Waals surface area contributed by atoms with Crippen molar-refractivity contribution in [3.05, 3.63) is 82.5 Å². The average Bonchev–Trinajstić information content (AvgIpc) is 3.29. The summed E-state index contributed by atoms with van der Waals surface area (Å²) >= 11 is 0. The van der Waals surface area contributed by atoms with Crippen molar-refractivity contribution in [2.75, 3.05) is 0 Å². The summed E-state index contributed by atoms with van der Waals surface area (Å²) in [5.74, 6) is 0. The Hall–Kier alpha value is -3.65. The van der Waals surface area contributed by atoms with E-state index in [0.29, 0.717) is 0 Å². The van der Waals surface area contributed by atoms with E-state index in [4.69, 9.17) is 0 Å². The normalized spacial score (nSPS) is 13.8. The Balaban J connectivity index is 1.82. The molecular formula is C47H59N2+. The van der Waals surface area contributed by atoms with Crippen LogP contribution < -0.4 is 4.57 Å². The first-order valence-electron chi connectivity index (χ1n) is 18.6. The van der Waals surface area contributed by atoms with Crippen molar-refractivity contribution in [1.82, 2.24) is 4.40 Å². The SMILES string of the molecule is Cc1c2cc(CC(C)(C)C)ccc2c(CC(C)(C)C)c2c1c1c3c(cc[n+]1C)cc(CC(C)(C)C)c1c4c(CC(C)(C)C)cccc4n2c13. The minimum absolute atomic E-state index is 0.113. The van der Waals surface area contributed by atoms with Gasteiger partial charge >= 0.3 is 0 Å². The lowest BCUT2D eigenvalue weighted by molar-refractivity contribution is -0.643. The van der Waals surface area contributed by atoms with Gasteiger partial charge in [0.15, 0.2) is 6.20 Å². The van der Waals surface area contributed by atoms with Crippen LogP contribution in [-0.2, 0) is 32.7 Å². The molecule has 0 saturated heterocycles. The fourth-order valence-corrected chi connectivity index (χ4v) is 8.94. The van der Waals surface area contributed by atoms with Gasteiger partial charge in [-0.15, -0.1) is 0 Å². The van der Waals surface area contributed by atoms with Crippen LogP contribution in [0.25, 0.3) is 59.8 Å². The maximum Gasteiger partial charge on any atom is 0.224 e. The number of pyridine rings is 2. The number of benzene rings is 4. The molecule has 0 fully saturated rings. The lowest BCUT2D eigenvalue weighted by Gasteiger charge is -2.25. The summed E-state index contributed by atoms with van der Waals surface area (Å²) in [6, 6.07) is 19.5. The van der Waals surface area contributed by atoms with E-state index in [9.17, 15) is 0 Å². The van der Waals surface area contributed by atoms with Crippen LogP contribution in [0.15, 0.2) is 54.7 Å². The Morgan fingerprint density at radius 3 is 1.84 bits per heavy atom. The molecule has 0 atom stereocenters. The van der Waals surface area contributed by atoms with Gasteiger partial charge in [-0.05, 0) is 110 Å². The minimum Gasteiger partial charge on any atom is -0.307 e. The Bertz CT molecular complexity index is 2420. The number of nitrogens with zero attached hydrogens (tertiary/aromatic N) is 2. The summed E-state index contributed by atoms with van der Waals surface area (Å²) in [5, 5.41) is 9.90. The number of rotatable bonds is 4. The molecule has 49 heavy (non-hydrogen) atoms. The molecule has 2 heteroatoms. The maximum atomic E-state index is 2.74. The van der Waals surface area contributed by atoms with Crippen LogP contribution >= 0.6 is 0 Å². The van der Waals surface area contributed by atoms with E-state index < -0.39 is 0 Å². The predicted octanol–water partition coefficient (Wildman–Crippen LogP) is 12.6. The zero-order valence-electron chi connectivity index (χ0n) is 32.9. The first-order valence-corrected chi connectivity index (χ1v) is 18.6. The van der Waals surface area contributed by atoms with Crippen molar-refractivity contribution in [3.8, 4) is 0 Å². The van der Waals surface area contributed by atoms with Crippen molar-refractivity contribution < 1.29 is 4.57 Å². The monoisotopic (exact) mass is 651 g/mol. The van der Waals surface area contributed by atoms with Crippen LogP contribution in [0.5, 0.6) is 0 Å². The Morgan fingerprint density at radius 1 is 0.571 bits per heavy atom. The molecule has 3 heterocycles. The average molecular weight is 652 g/mol. The van der Waals surface area contributed by atoms with Crippen LogP contribution in [0.4, 0.5) is 0 Å². The third kappa shape index (κ3) is 5.88. The molecule has 0 spiro atoms. The molecule has 0 radical (unpaired) electrons. The molecule has 7 rings (SSSR count). The zero-order valence-corrected chi connectivity index (χ0v) is 32.9. The topological polar surface area (TPSA) is 8.29 Å². The summed E-state index contributed by atoms with van der Waals surface area (Å²) in [7, 11) is 2.26. The molecule has 2 nitrogen and oxygen atoms in total.